The van der Waals surface area contributed by atoms with Gasteiger partial charge in [0.25, 0.3) is 10.0 Å². The molecule has 0 amide bonds. The van der Waals surface area contributed by atoms with Gasteiger partial charge in [0.1, 0.15) is 4.90 Å². The van der Waals surface area contributed by atoms with Crippen LogP contribution in [0.3, 0.4) is 0 Å². The number of carbonyl (C=O) groups excluding carboxylic acids is 1. The van der Waals surface area contributed by atoms with Crippen molar-refractivity contribution in [2.24, 2.45) is 5.92 Å². The average Bonchev–Trinajstić information content (AvgIpc) is 2.90. The standard InChI is InChI=1S/C28H33NO5S/c1-4-20-10-14-26-22(19-20)11-12-23(5-2)29(26)35(31,32)27-8-6-7-25(28(30)33-3)24(27)13-9-21-15-17-34-18-16-21/h6-8,10,14,19,21,23H,4-5,11-12,15-18H2,1-3H3. The zero-order valence-electron chi connectivity index (χ0n) is 20.7. The van der Waals surface area contributed by atoms with E-state index in [1.165, 1.54) is 12.7 Å². The number of methoxy groups -OCH3 is 1. The zero-order valence-corrected chi connectivity index (χ0v) is 21.5. The first-order valence-electron chi connectivity index (χ1n) is 12.4. The maximum Gasteiger partial charge on any atom is 0.339 e. The molecule has 6 nitrogen and oxygen atoms in total. The Kier molecular flexibility index (Phi) is 7.83. The predicted molar refractivity (Wildman–Crippen MR) is 136 cm³/mol. The summed E-state index contributed by atoms with van der Waals surface area (Å²) in [5.41, 5.74) is 3.31. The minimum atomic E-state index is -4.01. The van der Waals surface area contributed by atoms with E-state index in [1.54, 1.807) is 22.5 Å². The van der Waals surface area contributed by atoms with E-state index in [0.717, 1.165) is 37.7 Å². The van der Waals surface area contributed by atoms with Crippen molar-refractivity contribution in [2.75, 3.05) is 24.6 Å². The number of aryl methyl sites for hydroxylation is 2. The quantitative estimate of drug-likeness (QED) is 0.443. The summed E-state index contributed by atoms with van der Waals surface area (Å²) in [5, 5.41) is 0. The van der Waals surface area contributed by atoms with E-state index < -0.39 is 16.0 Å². The van der Waals surface area contributed by atoms with E-state index in [9.17, 15) is 13.2 Å². The van der Waals surface area contributed by atoms with Crippen LogP contribution in [-0.2, 0) is 32.3 Å². The molecule has 0 bridgehead atoms. The van der Waals surface area contributed by atoms with Gasteiger partial charge < -0.3 is 9.47 Å². The molecular formula is C28H33NO5S. The summed E-state index contributed by atoms with van der Waals surface area (Å²) in [6.07, 6.45) is 4.74. The van der Waals surface area contributed by atoms with Crippen molar-refractivity contribution in [3.63, 3.8) is 0 Å². The molecule has 2 heterocycles. The summed E-state index contributed by atoms with van der Waals surface area (Å²) in [6, 6.07) is 10.6. The highest BCUT2D eigenvalue weighted by molar-refractivity contribution is 7.93. The number of ether oxygens (including phenoxy) is 2. The fourth-order valence-corrected chi connectivity index (χ4v) is 6.85. The largest absolute Gasteiger partial charge is 0.465 e. The summed E-state index contributed by atoms with van der Waals surface area (Å²) in [5.74, 6) is 5.78. The van der Waals surface area contributed by atoms with E-state index in [-0.39, 0.29) is 28.0 Å². The van der Waals surface area contributed by atoms with Crippen molar-refractivity contribution >= 4 is 21.7 Å². The topological polar surface area (TPSA) is 72.9 Å². The molecule has 2 aromatic rings. The summed E-state index contributed by atoms with van der Waals surface area (Å²) in [4.78, 5) is 12.7. The number of anilines is 1. The Morgan fingerprint density at radius 3 is 2.60 bits per heavy atom. The summed E-state index contributed by atoms with van der Waals surface area (Å²) in [6.45, 7) is 5.36. The first-order valence-corrected chi connectivity index (χ1v) is 13.8. The van der Waals surface area contributed by atoms with Crippen LogP contribution in [0.25, 0.3) is 0 Å². The average molecular weight is 496 g/mol. The molecule has 2 aliphatic rings. The number of nitrogens with zero attached hydrogens (tertiary/aromatic N) is 1. The molecule has 0 radical (unpaired) electrons. The van der Waals surface area contributed by atoms with Gasteiger partial charge in [0, 0.05) is 25.2 Å². The smallest absolute Gasteiger partial charge is 0.339 e. The van der Waals surface area contributed by atoms with Crippen molar-refractivity contribution in [3.8, 4) is 11.8 Å². The van der Waals surface area contributed by atoms with Gasteiger partial charge in [-0.2, -0.15) is 0 Å². The Labute approximate surface area is 208 Å². The third kappa shape index (κ3) is 5.10. The normalized spacial score (nSPS) is 18.4. The van der Waals surface area contributed by atoms with Crippen LogP contribution in [0.1, 0.15) is 66.6 Å². The molecular weight excluding hydrogens is 462 g/mol. The van der Waals surface area contributed by atoms with Crippen LogP contribution in [0.5, 0.6) is 0 Å². The van der Waals surface area contributed by atoms with E-state index in [0.29, 0.717) is 25.3 Å². The lowest BCUT2D eigenvalue weighted by Gasteiger charge is -2.38. The fraction of sp³-hybridized carbons (Fsp3) is 0.464. The molecule has 2 aromatic carbocycles. The summed E-state index contributed by atoms with van der Waals surface area (Å²) < 4.78 is 40.5. The number of hydrogen-bond donors (Lipinski definition) is 0. The molecule has 0 spiro atoms. The molecule has 4 rings (SSSR count). The Morgan fingerprint density at radius 1 is 1.14 bits per heavy atom. The van der Waals surface area contributed by atoms with E-state index in [1.807, 2.05) is 19.1 Å². The van der Waals surface area contributed by atoms with Gasteiger partial charge in [-0.15, -0.1) is 0 Å². The van der Waals surface area contributed by atoms with Crippen LogP contribution in [0.15, 0.2) is 41.3 Å². The Balaban J connectivity index is 1.87. The van der Waals surface area contributed by atoms with Crippen molar-refractivity contribution in [1.82, 2.24) is 0 Å². The van der Waals surface area contributed by atoms with Gasteiger partial charge in [0.15, 0.2) is 0 Å². The number of esters is 1. The van der Waals surface area contributed by atoms with Gasteiger partial charge in [0.05, 0.1) is 23.9 Å². The molecule has 0 N–H and O–H groups in total. The number of sulfonamides is 1. The highest BCUT2D eigenvalue weighted by atomic mass is 32.2. The van der Waals surface area contributed by atoms with Gasteiger partial charge in [-0.1, -0.05) is 43.9 Å². The van der Waals surface area contributed by atoms with Crippen LogP contribution in [-0.4, -0.2) is 40.8 Å². The van der Waals surface area contributed by atoms with Crippen LogP contribution in [0.4, 0.5) is 5.69 Å². The Morgan fingerprint density at radius 2 is 1.91 bits per heavy atom. The van der Waals surface area contributed by atoms with Crippen LogP contribution in [0, 0.1) is 17.8 Å². The van der Waals surface area contributed by atoms with Gasteiger partial charge in [-0.05, 0) is 67.9 Å². The lowest BCUT2D eigenvalue weighted by atomic mass is 9.94. The molecule has 0 aliphatic carbocycles. The maximum absolute atomic E-state index is 14.3. The van der Waals surface area contributed by atoms with E-state index in [4.69, 9.17) is 9.47 Å². The van der Waals surface area contributed by atoms with Gasteiger partial charge >= 0.3 is 5.97 Å². The molecule has 0 aromatic heterocycles. The highest BCUT2D eigenvalue weighted by Gasteiger charge is 2.37. The monoisotopic (exact) mass is 495 g/mol. The highest BCUT2D eigenvalue weighted by Crippen LogP contribution is 2.38. The van der Waals surface area contributed by atoms with Gasteiger partial charge in [-0.25, -0.2) is 13.2 Å². The maximum atomic E-state index is 14.3. The second kappa shape index (κ2) is 10.8. The number of carbonyl (C=O) groups is 1. The molecule has 7 heteroatoms. The minimum absolute atomic E-state index is 0.0471. The first kappa shape index (κ1) is 25.3. The third-order valence-electron chi connectivity index (χ3n) is 6.93. The molecule has 35 heavy (non-hydrogen) atoms. The molecule has 186 valence electrons. The second-order valence-corrected chi connectivity index (χ2v) is 10.8. The zero-order chi connectivity index (χ0) is 25.0. The van der Waals surface area contributed by atoms with Crippen molar-refractivity contribution in [3.05, 3.63) is 58.7 Å². The summed E-state index contributed by atoms with van der Waals surface area (Å²) >= 11 is 0. The van der Waals surface area contributed by atoms with Crippen LogP contribution < -0.4 is 4.31 Å². The minimum Gasteiger partial charge on any atom is -0.465 e. The number of rotatable bonds is 5. The number of hydrogen-bond acceptors (Lipinski definition) is 5. The molecule has 1 atom stereocenters. The first-order chi connectivity index (χ1) is 16.9. The van der Waals surface area contributed by atoms with E-state index >= 15 is 0 Å². The molecule has 0 saturated carbocycles. The molecule has 1 saturated heterocycles. The Bertz CT molecular complexity index is 1250. The third-order valence-corrected chi connectivity index (χ3v) is 8.84. The lowest BCUT2D eigenvalue weighted by Crippen LogP contribution is -2.43. The molecule has 2 aliphatic heterocycles. The Hall–Kier alpha value is -2.82. The fourth-order valence-electron chi connectivity index (χ4n) is 4.88. The lowest BCUT2D eigenvalue weighted by molar-refractivity contribution is 0.0600. The van der Waals surface area contributed by atoms with Crippen LogP contribution >= 0.6 is 0 Å². The van der Waals surface area contributed by atoms with Crippen LogP contribution in [0.2, 0.25) is 0 Å². The van der Waals surface area contributed by atoms with E-state index in [2.05, 4.69) is 24.8 Å². The number of benzene rings is 2. The van der Waals surface area contributed by atoms with Crippen molar-refractivity contribution < 1.29 is 22.7 Å². The SMILES string of the molecule is CCc1ccc2c(c1)CCC(CC)N2S(=O)(=O)c1cccc(C(=O)OC)c1C#CC1CCOCC1. The van der Waals surface area contributed by atoms with Crippen molar-refractivity contribution in [1.29, 1.82) is 0 Å². The van der Waals surface area contributed by atoms with Gasteiger partial charge in [-0.3, -0.25) is 4.31 Å². The van der Waals surface area contributed by atoms with Gasteiger partial charge in [0.2, 0.25) is 0 Å². The number of fused-ring (bicyclic) bond motifs is 1. The molecule has 1 unspecified atom stereocenters. The second-order valence-electron chi connectivity index (χ2n) is 9.04. The molecule has 1 fully saturated rings. The van der Waals surface area contributed by atoms with Crippen molar-refractivity contribution in [2.45, 2.75) is 63.3 Å². The predicted octanol–water partition coefficient (Wildman–Crippen LogP) is 4.73. The summed E-state index contributed by atoms with van der Waals surface area (Å²) in [7, 11) is -2.72.